The molecule has 1 aliphatic heterocycles. The van der Waals surface area contributed by atoms with Crippen molar-refractivity contribution >= 4 is 39.0 Å². The quantitative estimate of drug-likeness (QED) is 0.524. The van der Waals surface area contributed by atoms with Gasteiger partial charge in [0, 0.05) is 5.69 Å². The highest BCUT2D eigenvalue weighted by Gasteiger charge is 2.37. The van der Waals surface area contributed by atoms with Crippen LogP contribution >= 0.6 is 0 Å². The summed E-state index contributed by atoms with van der Waals surface area (Å²) in [5.41, 5.74) is 1.48. The second-order valence-electron chi connectivity index (χ2n) is 7.85. The average molecular weight is 493 g/mol. The van der Waals surface area contributed by atoms with Crippen molar-refractivity contribution in [1.82, 2.24) is 0 Å². The third kappa shape index (κ3) is 4.54. The molecule has 0 aromatic heterocycles. The van der Waals surface area contributed by atoms with Crippen LogP contribution in [0.4, 0.5) is 11.4 Å². The minimum atomic E-state index is -4.11. The molecule has 0 saturated carbocycles. The molecule has 4 rings (SSSR count). The number of fused-ring (bicyclic) bond motifs is 2. The van der Waals surface area contributed by atoms with Gasteiger partial charge in [-0.05, 0) is 55.3 Å². The van der Waals surface area contributed by atoms with Crippen LogP contribution in [0.5, 0.6) is 0 Å². The molecule has 0 atom stereocenters. The number of carbonyl (C=O) groups is 3. The first-order valence-electron chi connectivity index (χ1n) is 11.1. The lowest BCUT2D eigenvalue weighted by molar-refractivity contribution is -0.114. The number of esters is 1. The van der Waals surface area contributed by atoms with Gasteiger partial charge in [0.25, 0.3) is 5.91 Å². The molecule has 180 valence electrons. The van der Waals surface area contributed by atoms with Crippen molar-refractivity contribution in [3.05, 3.63) is 83.4 Å². The monoisotopic (exact) mass is 492 g/mol. The van der Waals surface area contributed by atoms with Gasteiger partial charge in [0.15, 0.2) is 0 Å². The fourth-order valence-electron chi connectivity index (χ4n) is 3.99. The lowest BCUT2D eigenvalue weighted by atomic mass is 10.1. The van der Waals surface area contributed by atoms with Crippen molar-refractivity contribution in [3.8, 4) is 0 Å². The number of anilines is 2. The Labute approximate surface area is 203 Å². The molecule has 0 bridgehead atoms. The second-order valence-corrected chi connectivity index (χ2v) is 9.74. The zero-order valence-electron chi connectivity index (χ0n) is 19.3. The lowest BCUT2D eigenvalue weighted by Crippen LogP contribution is -2.38. The number of nitrogens with one attached hydrogen (secondary N) is 1. The van der Waals surface area contributed by atoms with Crippen molar-refractivity contribution < 1.29 is 27.5 Å². The minimum Gasteiger partial charge on any atom is -0.462 e. The molecular formula is C26H24N2O6S. The van der Waals surface area contributed by atoms with Gasteiger partial charge in [-0.3, -0.25) is 14.5 Å². The van der Waals surface area contributed by atoms with Crippen LogP contribution in [0.15, 0.2) is 76.5 Å². The average Bonchev–Trinajstić information content (AvgIpc) is 2.92. The molecule has 0 aliphatic carbocycles. The Kier molecular flexibility index (Phi) is 6.70. The summed E-state index contributed by atoms with van der Waals surface area (Å²) >= 11 is 0. The van der Waals surface area contributed by atoms with Gasteiger partial charge < -0.3 is 10.1 Å². The van der Waals surface area contributed by atoms with Crippen LogP contribution < -0.4 is 10.2 Å². The van der Waals surface area contributed by atoms with Crippen LogP contribution in [0, 0.1) is 0 Å². The zero-order valence-corrected chi connectivity index (χ0v) is 20.1. The summed E-state index contributed by atoms with van der Waals surface area (Å²) in [6.45, 7) is 3.27. The maximum atomic E-state index is 13.6. The molecule has 0 unspecified atom stereocenters. The largest absolute Gasteiger partial charge is 0.462 e. The Balaban J connectivity index is 1.82. The van der Waals surface area contributed by atoms with Crippen molar-refractivity contribution in [2.45, 2.75) is 30.1 Å². The molecule has 3 aromatic rings. The third-order valence-corrected chi connectivity index (χ3v) is 7.54. The Morgan fingerprint density at radius 2 is 1.66 bits per heavy atom. The van der Waals surface area contributed by atoms with Gasteiger partial charge in [-0.15, -0.1) is 0 Å². The van der Waals surface area contributed by atoms with E-state index in [1.54, 1.807) is 25.1 Å². The Bertz CT molecular complexity index is 1430. The van der Waals surface area contributed by atoms with E-state index in [2.05, 4.69) is 5.32 Å². The molecule has 0 saturated heterocycles. The summed E-state index contributed by atoms with van der Waals surface area (Å²) in [4.78, 5) is 39.8. The summed E-state index contributed by atoms with van der Waals surface area (Å²) in [5, 5.41) is 2.81. The summed E-state index contributed by atoms with van der Waals surface area (Å²) in [6, 6.07) is 17.0. The molecular weight excluding hydrogens is 468 g/mol. The Morgan fingerprint density at radius 1 is 0.943 bits per heavy atom. The second kappa shape index (κ2) is 9.71. The van der Waals surface area contributed by atoms with E-state index in [0.29, 0.717) is 12.1 Å². The van der Waals surface area contributed by atoms with Gasteiger partial charge in [0.1, 0.15) is 6.54 Å². The van der Waals surface area contributed by atoms with E-state index < -0.39 is 34.2 Å². The van der Waals surface area contributed by atoms with E-state index in [0.717, 1.165) is 10.5 Å². The predicted molar refractivity (Wildman–Crippen MR) is 130 cm³/mol. The smallest absolute Gasteiger partial charge is 0.338 e. The van der Waals surface area contributed by atoms with Gasteiger partial charge >= 0.3 is 5.97 Å². The molecule has 3 aromatic carbocycles. The number of aryl methyl sites for hydroxylation is 1. The molecule has 2 amide bonds. The lowest BCUT2D eigenvalue weighted by Gasteiger charge is -2.23. The molecule has 0 spiro atoms. The van der Waals surface area contributed by atoms with Crippen LogP contribution in [-0.2, 0) is 25.8 Å². The summed E-state index contributed by atoms with van der Waals surface area (Å²) in [7, 11) is -4.11. The van der Waals surface area contributed by atoms with Gasteiger partial charge in [-0.1, -0.05) is 37.3 Å². The summed E-state index contributed by atoms with van der Waals surface area (Å²) in [6.07, 6.45) is 0.691. The van der Waals surface area contributed by atoms with Crippen molar-refractivity contribution in [2.24, 2.45) is 0 Å². The molecule has 0 fully saturated rings. The van der Waals surface area contributed by atoms with Crippen molar-refractivity contribution in [2.75, 3.05) is 23.4 Å². The Morgan fingerprint density at radius 3 is 2.40 bits per heavy atom. The number of hydrogen-bond acceptors (Lipinski definition) is 6. The third-order valence-electron chi connectivity index (χ3n) is 5.68. The summed E-state index contributed by atoms with van der Waals surface area (Å²) < 4.78 is 32.0. The van der Waals surface area contributed by atoms with Gasteiger partial charge in [0.05, 0.1) is 33.2 Å². The molecule has 9 heteroatoms. The number of ether oxygens (including phenoxy) is 1. The SMILES string of the molecule is CCOC(=O)c1ccc2c(c1)N(CC(=O)Nc1ccccc1CC)C(=O)c1ccccc1S2(=O)=O. The maximum absolute atomic E-state index is 13.6. The number of rotatable bonds is 6. The van der Waals surface area contributed by atoms with E-state index in [1.807, 2.05) is 19.1 Å². The van der Waals surface area contributed by atoms with Crippen LogP contribution in [0.25, 0.3) is 0 Å². The van der Waals surface area contributed by atoms with E-state index in [4.69, 9.17) is 4.74 Å². The Hall–Kier alpha value is -3.98. The topological polar surface area (TPSA) is 110 Å². The van der Waals surface area contributed by atoms with Crippen molar-refractivity contribution in [1.29, 1.82) is 0 Å². The van der Waals surface area contributed by atoms with Gasteiger partial charge in [-0.2, -0.15) is 0 Å². The number of benzene rings is 3. The number of sulfone groups is 1. The van der Waals surface area contributed by atoms with Crippen LogP contribution in [0.1, 0.15) is 40.1 Å². The highest BCUT2D eigenvalue weighted by molar-refractivity contribution is 7.91. The number of nitrogens with zero attached hydrogens (tertiary/aromatic N) is 1. The fraction of sp³-hybridized carbons (Fsp3) is 0.192. The van der Waals surface area contributed by atoms with Crippen LogP contribution in [-0.4, -0.2) is 39.4 Å². The minimum absolute atomic E-state index is 0.0526. The first kappa shape index (κ1) is 24.2. The molecule has 1 aliphatic rings. The zero-order chi connectivity index (χ0) is 25.2. The van der Waals surface area contributed by atoms with E-state index in [9.17, 15) is 22.8 Å². The standard InChI is InChI=1S/C26H24N2O6S/c1-3-17-9-5-7-11-20(17)27-24(29)16-28-21-15-18(26(31)34-4-2)13-14-23(21)35(32,33)22-12-8-6-10-19(22)25(28)30/h5-15H,3-4,16H2,1-2H3,(H,27,29). The first-order chi connectivity index (χ1) is 16.8. The van der Waals surface area contributed by atoms with Crippen LogP contribution in [0.2, 0.25) is 0 Å². The molecule has 35 heavy (non-hydrogen) atoms. The normalized spacial score (nSPS) is 13.9. The van der Waals surface area contributed by atoms with E-state index in [1.165, 1.54) is 36.4 Å². The predicted octanol–water partition coefficient (Wildman–Crippen LogP) is 3.86. The maximum Gasteiger partial charge on any atom is 0.338 e. The highest BCUT2D eigenvalue weighted by atomic mass is 32.2. The number of para-hydroxylation sites is 1. The molecule has 1 N–H and O–H groups in total. The van der Waals surface area contributed by atoms with Gasteiger partial charge in [0.2, 0.25) is 15.7 Å². The fourth-order valence-corrected chi connectivity index (χ4v) is 5.62. The number of amides is 2. The number of hydrogen-bond donors (Lipinski definition) is 1. The first-order valence-corrected chi connectivity index (χ1v) is 12.6. The van der Waals surface area contributed by atoms with E-state index >= 15 is 0 Å². The summed E-state index contributed by atoms with van der Waals surface area (Å²) in [5.74, 6) is -1.84. The van der Waals surface area contributed by atoms with Crippen molar-refractivity contribution in [3.63, 3.8) is 0 Å². The molecule has 1 heterocycles. The highest BCUT2D eigenvalue weighted by Crippen LogP contribution is 2.37. The van der Waals surface area contributed by atoms with Crippen LogP contribution in [0.3, 0.4) is 0 Å². The molecule has 8 nitrogen and oxygen atoms in total. The number of carbonyl (C=O) groups excluding carboxylic acids is 3. The van der Waals surface area contributed by atoms with E-state index in [-0.39, 0.29) is 33.2 Å². The molecule has 0 radical (unpaired) electrons. The van der Waals surface area contributed by atoms with Gasteiger partial charge in [-0.25, -0.2) is 13.2 Å².